The number of ether oxygens (including phenoxy) is 1. The minimum atomic E-state index is -4.54. The molecule has 3 rings (SSSR count). The van der Waals surface area contributed by atoms with E-state index in [2.05, 4.69) is 10.6 Å². The molecule has 0 radical (unpaired) electrons. The molecule has 0 atom stereocenters. The molecule has 0 heterocycles. The summed E-state index contributed by atoms with van der Waals surface area (Å²) in [6.07, 6.45) is -4.54. The zero-order valence-electron chi connectivity index (χ0n) is 15.1. The molecule has 0 aromatic heterocycles. The van der Waals surface area contributed by atoms with Crippen molar-refractivity contribution in [3.63, 3.8) is 0 Å². The number of nitrogens with zero attached hydrogens (tertiary/aromatic N) is 1. The average Bonchev–Trinajstić information content (AvgIpc) is 2.70. The van der Waals surface area contributed by atoms with Crippen LogP contribution >= 0.6 is 0 Å². The van der Waals surface area contributed by atoms with E-state index in [0.29, 0.717) is 5.56 Å². The molecule has 0 fully saturated rings. The van der Waals surface area contributed by atoms with E-state index in [1.54, 1.807) is 0 Å². The molecule has 2 N–H and O–H groups in total. The van der Waals surface area contributed by atoms with Gasteiger partial charge in [0.2, 0.25) is 0 Å². The minimum absolute atomic E-state index is 0.0570. The maximum Gasteiger partial charge on any atom is 0.416 e. The summed E-state index contributed by atoms with van der Waals surface area (Å²) in [4.78, 5) is 12.1. The van der Waals surface area contributed by atoms with Crippen LogP contribution in [0.25, 0.3) is 0 Å². The van der Waals surface area contributed by atoms with Gasteiger partial charge in [0, 0.05) is 17.4 Å². The van der Waals surface area contributed by atoms with Crippen molar-refractivity contribution >= 4 is 17.4 Å². The van der Waals surface area contributed by atoms with Gasteiger partial charge in [-0.05, 0) is 54.6 Å². The third kappa shape index (κ3) is 5.26. The predicted octanol–water partition coefficient (Wildman–Crippen LogP) is 6.15. The van der Waals surface area contributed by atoms with E-state index in [0.717, 1.165) is 18.2 Å². The lowest BCUT2D eigenvalue weighted by atomic mass is 10.2. The SMILES string of the molecule is N#Cc1ccc(Oc2cc(NC(=O)Nc3cccc(C(F)(F)F)c3)ccc2F)cc1. The Morgan fingerprint density at radius 2 is 1.60 bits per heavy atom. The zero-order valence-corrected chi connectivity index (χ0v) is 15.1. The standard InChI is InChI=1S/C21H13F4N3O2/c22-18-9-6-16(11-19(18)30-17-7-4-13(12-26)5-8-17)28-20(29)27-15-3-1-2-14(10-15)21(23,24)25/h1-11H,(H2,27,28,29). The molecule has 0 saturated heterocycles. The first-order valence-electron chi connectivity index (χ1n) is 8.47. The van der Waals surface area contributed by atoms with Crippen LogP contribution in [0.15, 0.2) is 66.7 Å². The highest BCUT2D eigenvalue weighted by atomic mass is 19.4. The van der Waals surface area contributed by atoms with Crippen LogP contribution in [0.4, 0.5) is 33.7 Å². The van der Waals surface area contributed by atoms with E-state index in [4.69, 9.17) is 10.00 Å². The van der Waals surface area contributed by atoms with Crippen LogP contribution in [0.5, 0.6) is 11.5 Å². The Morgan fingerprint density at radius 3 is 2.23 bits per heavy atom. The molecule has 3 aromatic carbocycles. The van der Waals surface area contributed by atoms with Gasteiger partial charge in [-0.25, -0.2) is 9.18 Å². The van der Waals surface area contributed by atoms with Gasteiger partial charge in [0.15, 0.2) is 11.6 Å². The van der Waals surface area contributed by atoms with Gasteiger partial charge in [-0.1, -0.05) is 6.07 Å². The number of benzene rings is 3. The minimum Gasteiger partial charge on any atom is -0.454 e. The number of urea groups is 1. The number of nitrogens with one attached hydrogen (secondary N) is 2. The second-order valence-corrected chi connectivity index (χ2v) is 6.04. The number of hydrogen-bond donors (Lipinski definition) is 2. The van der Waals surface area contributed by atoms with Crippen molar-refractivity contribution < 1.29 is 27.1 Å². The Labute approximate surface area is 168 Å². The fourth-order valence-electron chi connectivity index (χ4n) is 2.45. The lowest BCUT2D eigenvalue weighted by molar-refractivity contribution is -0.137. The first-order chi connectivity index (χ1) is 14.2. The van der Waals surface area contributed by atoms with Crippen molar-refractivity contribution in [2.24, 2.45) is 0 Å². The zero-order chi connectivity index (χ0) is 21.7. The molecule has 0 aliphatic carbocycles. The first kappa shape index (κ1) is 20.7. The third-order valence-corrected chi connectivity index (χ3v) is 3.85. The Kier molecular flexibility index (Phi) is 5.88. The molecule has 0 bridgehead atoms. The highest BCUT2D eigenvalue weighted by Crippen LogP contribution is 2.31. The van der Waals surface area contributed by atoms with Crippen LogP contribution < -0.4 is 15.4 Å². The van der Waals surface area contributed by atoms with E-state index in [1.165, 1.54) is 48.5 Å². The molecule has 3 aromatic rings. The molecule has 5 nitrogen and oxygen atoms in total. The van der Waals surface area contributed by atoms with Crippen molar-refractivity contribution in [3.05, 3.63) is 83.7 Å². The fourth-order valence-corrected chi connectivity index (χ4v) is 2.45. The number of hydrogen-bond acceptors (Lipinski definition) is 3. The summed E-state index contributed by atoms with van der Waals surface area (Å²) in [6, 6.07) is 14.8. The number of alkyl halides is 3. The summed E-state index contributed by atoms with van der Waals surface area (Å²) in [7, 11) is 0. The summed E-state index contributed by atoms with van der Waals surface area (Å²) < 4.78 is 57.7. The van der Waals surface area contributed by atoms with E-state index in [1.807, 2.05) is 6.07 Å². The lowest BCUT2D eigenvalue weighted by Gasteiger charge is -2.12. The number of halogens is 4. The molecule has 152 valence electrons. The second-order valence-electron chi connectivity index (χ2n) is 6.04. The van der Waals surface area contributed by atoms with Crippen molar-refractivity contribution in [1.82, 2.24) is 0 Å². The number of carbonyl (C=O) groups is 1. The van der Waals surface area contributed by atoms with Crippen LogP contribution in [0.2, 0.25) is 0 Å². The number of carbonyl (C=O) groups excluding carboxylic acids is 1. The van der Waals surface area contributed by atoms with Crippen LogP contribution in [0.1, 0.15) is 11.1 Å². The number of rotatable bonds is 4. The van der Waals surface area contributed by atoms with Gasteiger partial charge in [0.25, 0.3) is 0 Å². The topological polar surface area (TPSA) is 74.1 Å². The van der Waals surface area contributed by atoms with Gasteiger partial charge < -0.3 is 15.4 Å². The largest absolute Gasteiger partial charge is 0.454 e. The maximum absolute atomic E-state index is 14.0. The van der Waals surface area contributed by atoms with Crippen LogP contribution in [0, 0.1) is 17.1 Å². The molecule has 9 heteroatoms. The smallest absolute Gasteiger partial charge is 0.416 e. The van der Waals surface area contributed by atoms with Gasteiger partial charge in [0.1, 0.15) is 5.75 Å². The summed E-state index contributed by atoms with van der Waals surface area (Å²) in [5.41, 5.74) is -0.396. The quantitative estimate of drug-likeness (QED) is 0.502. The van der Waals surface area contributed by atoms with E-state index in [-0.39, 0.29) is 22.9 Å². The highest BCUT2D eigenvalue weighted by molar-refractivity contribution is 5.99. The molecular formula is C21H13F4N3O2. The highest BCUT2D eigenvalue weighted by Gasteiger charge is 2.30. The first-order valence-corrected chi connectivity index (χ1v) is 8.47. The predicted molar refractivity (Wildman–Crippen MR) is 102 cm³/mol. The average molecular weight is 415 g/mol. The second kappa shape index (κ2) is 8.53. The van der Waals surface area contributed by atoms with Crippen molar-refractivity contribution in [2.45, 2.75) is 6.18 Å². The van der Waals surface area contributed by atoms with Gasteiger partial charge in [-0.3, -0.25) is 0 Å². The normalized spacial score (nSPS) is 10.8. The molecule has 0 aliphatic heterocycles. The summed E-state index contributed by atoms with van der Waals surface area (Å²) in [6.45, 7) is 0. The molecule has 2 amide bonds. The van der Waals surface area contributed by atoms with E-state index >= 15 is 0 Å². The van der Waals surface area contributed by atoms with Gasteiger partial charge in [-0.15, -0.1) is 0 Å². The van der Waals surface area contributed by atoms with Crippen molar-refractivity contribution in [1.29, 1.82) is 5.26 Å². The third-order valence-electron chi connectivity index (χ3n) is 3.85. The van der Waals surface area contributed by atoms with Crippen molar-refractivity contribution in [2.75, 3.05) is 10.6 Å². The van der Waals surface area contributed by atoms with Crippen LogP contribution in [-0.4, -0.2) is 6.03 Å². The molecular weight excluding hydrogens is 402 g/mol. The monoisotopic (exact) mass is 415 g/mol. The summed E-state index contributed by atoms with van der Waals surface area (Å²) >= 11 is 0. The summed E-state index contributed by atoms with van der Waals surface area (Å²) in [5.74, 6) is -0.599. The number of anilines is 2. The molecule has 0 spiro atoms. The van der Waals surface area contributed by atoms with E-state index < -0.39 is 23.6 Å². The Balaban J connectivity index is 1.70. The summed E-state index contributed by atoms with van der Waals surface area (Å²) in [5, 5.41) is 13.5. The molecule has 0 unspecified atom stereocenters. The molecule has 0 aliphatic rings. The Hall–Kier alpha value is -4.06. The van der Waals surface area contributed by atoms with Gasteiger partial charge in [0.05, 0.1) is 17.2 Å². The van der Waals surface area contributed by atoms with Gasteiger partial charge in [-0.2, -0.15) is 18.4 Å². The molecule has 30 heavy (non-hydrogen) atoms. The van der Waals surface area contributed by atoms with Crippen LogP contribution in [0.3, 0.4) is 0 Å². The van der Waals surface area contributed by atoms with Crippen molar-refractivity contribution in [3.8, 4) is 17.6 Å². The Morgan fingerprint density at radius 1 is 0.933 bits per heavy atom. The number of nitriles is 1. The maximum atomic E-state index is 14.0. The van der Waals surface area contributed by atoms with E-state index in [9.17, 15) is 22.4 Å². The molecule has 0 saturated carbocycles. The number of amides is 2. The Bertz CT molecular complexity index is 1110. The lowest BCUT2D eigenvalue weighted by Crippen LogP contribution is -2.19. The van der Waals surface area contributed by atoms with Gasteiger partial charge >= 0.3 is 12.2 Å². The fraction of sp³-hybridized carbons (Fsp3) is 0.0476. The van der Waals surface area contributed by atoms with Crippen LogP contribution in [-0.2, 0) is 6.18 Å².